The van der Waals surface area contributed by atoms with Crippen molar-refractivity contribution in [1.82, 2.24) is 5.32 Å². The van der Waals surface area contributed by atoms with E-state index in [-0.39, 0.29) is 6.04 Å². The van der Waals surface area contributed by atoms with E-state index < -0.39 is 10.8 Å². The number of benzene rings is 2. The Morgan fingerprint density at radius 1 is 1.10 bits per heavy atom. The van der Waals surface area contributed by atoms with Crippen LogP contribution in [0, 0.1) is 13.8 Å². The van der Waals surface area contributed by atoms with Crippen LogP contribution in [0.1, 0.15) is 28.3 Å². The van der Waals surface area contributed by atoms with Gasteiger partial charge in [-0.05, 0) is 30.5 Å². The largest absolute Gasteiger partial charge is 0.305 e. The summed E-state index contributed by atoms with van der Waals surface area (Å²) in [6.07, 6.45) is 1.76. The Bertz CT molecular complexity index is 610. The van der Waals surface area contributed by atoms with Gasteiger partial charge >= 0.3 is 0 Å². The minimum atomic E-state index is -0.826. The van der Waals surface area contributed by atoms with Gasteiger partial charge in [0.15, 0.2) is 0 Å². The maximum absolute atomic E-state index is 11.6. The van der Waals surface area contributed by atoms with Crippen molar-refractivity contribution in [2.75, 3.05) is 12.0 Å². The number of aryl methyl sites for hydroxylation is 2. The van der Waals surface area contributed by atoms with E-state index in [0.717, 1.165) is 6.54 Å². The highest BCUT2D eigenvalue weighted by Crippen LogP contribution is 2.16. The van der Waals surface area contributed by atoms with Crippen LogP contribution in [0.4, 0.5) is 0 Å². The molecular weight excluding hydrogens is 278 g/mol. The Balaban J connectivity index is 2.10. The molecular formula is C18H23NOS. The van der Waals surface area contributed by atoms with Gasteiger partial charge in [-0.25, -0.2) is 0 Å². The Hall–Kier alpha value is -1.45. The fourth-order valence-electron chi connectivity index (χ4n) is 2.47. The minimum absolute atomic E-state index is 0.123. The highest BCUT2D eigenvalue weighted by molar-refractivity contribution is 7.84. The number of hydrogen-bond donors (Lipinski definition) is 1. The first-order valence-corrected chi connectivity index (χ1v) is 8.93. The molecule has 2 nitrogen and oxygen atoms in total. The van der Waals surface area contributed by atoms with Crippen LogP contribution >= 0.6 is 0 Å². The summed E-state index contributed by atoms with van der Waals surface area (Å²) in [6.45, 7) is 5.04. The molecule has 0 heterocycles. The third-order valence-electron chi connectivity index (χ3n) is 3.64. The van der Waals surface area contributed by atoms with E-state index in [9.17, 15) is 4.21 Å². The minimum Gasteiger partial charge on any atom is -0.305 e. The van der Waals surface area contributed by atoms with Gasteiger partial charge in [0.1, 0.15) is 0 Å². The first-order chi connectivity index (χ1) is 10.1. The van der Waals surface area contributed by atoms with Crippen LogP contribution in [0.3, 0.4) is 0 Å². The van der Waals surface area contributed by atoms with Crippen LogP contribution in [0.5, 0.6) is 0 Å². The zero-order valence-electron chi connectivity index (χ0n) is 12.9. The molecule has 0 amide bonds. The molecule has 0 fully saturated rings. The standard InChI is InChI=1S/C18H23NOS/c1-14-9-10-17(15(2)11-14)12-19-18(13-21(3)20)16-7-5-4-6-8-16/h4-11,18-19H,12-13H2,1-3H3/t18-,21-/m0/s1. The lowest BCUT2D eigenvalue weighted by molar-refractivity contribution is 0.573. The van der Waals surface area contributed by atoms with Gasteiger partial charge in [0.25, 0.3) is 0 Å². The van der Waals surface area contributed by atoms with Gasteiger partial charge in [-0.3, -0.25) is 4.21 Å². The lowest BCUT2D eigenvalue weighted by atomic mass is 10.0. The molecule has 0 saturated carbocycles. The van der Waals surface area contributed by atoms with Crippen molar-refractivity contribution in [1.29, 1.82) is 0 Å². The SMILES string of the molecule is Cc1ccc(CN[C@@H](C[S@](C)=O)c2ccccc2)c(C)c1. The molecule has 0 aliphatic heterocycles. The van der Waals surface area contributed by atoms with E-state index in [4.69, 9.17) is 0 Å². The smallest absolute Gasteiger partial charge is 0.0439 e. The van der Waals surface area contributed by atoms with Crippen LogP contribution in [0.15, 0.2) is 48.5 Å². The molecule has 2 aromatic carbocycles. The number of rotatable bonds is 6. The van der Waals surface area contributed by atoms with Crippen molar-refractivity contribution in [3.8, 4) is 0 Å². The second-order valence-electron chi connectivity index (χ2n) is 5.51. The highest BCUT2D eigenvalue weighted by atomic mass is 32.2. The molecule has 3 heteroatoms. The summed E-state index contributed by atoms with van der Waals surface area (Å²) in [5.41, 5.74) is 5.07. The molecule has 2 rings (SSSR count). The topological polar surface area (TPSA) is 29.1 Å². The second kappa shape index (κ2) is 7.53. The summed E-state index contributed by atoms with van der Waals surface area (Å²) >= 11 is 0. The Labute approximate surface area is 130 Å². The van der Waals surface area contributed by atoms with Crippen molar-refractivity contribution < 1.29 is 4.21 Å². The first kappa shape index (κ1) is 15.9. The summed E-state index contributed by atoms with van der Waals surface area (Å²) in [5, 5.41) is 3.55. The lowest BCUT2D eigenvalue weighted by Gasteiger charge is -2.19. The van der Waals surface area contributed by atoms with E-state index >= 15 is 0 Å². The normalized spacial score (nSPS) is 13.9. The number of nitrogens with one attached hydrogen (secondary N) is 1. The molecule has 0 radical (unpaired) electrons. The van der Waals surface area contributed by atoms with Crippen LogP contribution in [0.25, 0.3) is 0 Å². The molecule has 2 aromatic rings. The average molecular weight is 301 g/mol. The van der Waals surface area contributed by atoms with Crippen molar-refractivity contribution in [3.05, 3.63) is 70.8 Å². The van der Waals surface area contributed by atoms with E-state index in [1.807, 2.05) is 18.2 Å². The van der Waals surface area contributed by atoms with Gasteiger partial charge in [-0.2, -0.15) is 0 Å². The zero-order valence-corrected chi connectivity index (χ0v) is 13.7. The molecule has 0 aliphatic carbocycles. The van der Waals surface area contributed by atoms with Gasteiger partial charge < -0.3 is 5.32 Å². The van der Waals surface area contributed by atoms with Gasteiger partial charge in [0.05, 0.1) is 0 Å². The van der Waals surface area contributed by atoms with Crippen molar-refractivity contribution in [3.63, 3.8) is 0 Å². The highest BCUT2D eigenvalue weighted by Gasteiger charge is 2.13. The van der Waals surface area contributed by atoms with Crippen molar-refractivity contribution in [2.45, 2.75) is 26.4 Å². The summed E-state index contributed by atoms with van der Waals surface area (Å²) in [4.78, 5) is 0. The quantitative estimate of drug-likeness (QED) is 0.884. The fraction of sp³-hybridized carbons (Fsp3) is 0.333. The number of hydrogen-bond acceptors (Lipinski definition) is 2. The second-order valence-corrected chi connectivity index (χ2v) is 6.99. The van der Waals surface area contributed by atoms with E-state index in [0.29, 0.717) is 5.75 Å². The van der Waals surface area contributed by atoms with Crippen LogP contribution in [0.2, 0.25) is 0 Å². The molecule has 2 atom stereocenters. The Kier molecular flexibility index (Phi) is 5.71. The monoisotopic (exact) mass is 301 g/mol. The van der Waals surface area contributed by atoms with Crippen molar-refractivity contribution in [2.24, 2.45) is 0 Å². The van der Waals surface area contributed by atoms with Gasteiger partial charge in [-0.1, -0.05) is 54.1 Å². The zero-order chi connectivity index (χ0) is 15.2. The first-order valence-electron chi connectivity index (χ1n) is 7.21. The van der Waals surface area contributed by atoms with Crippen LogP contribution in [-0.2, 0) is 17.3 Å². The maximum Gasteiger partial charge on any atom is 0.0439 e. The van der Waals surface area contributed by atoms with Crippen LogP contribution < -0.4 is 5.32 Å². The predicted molar refractivity (Wildman–Crippen MR) is 90.9 cm³/mol. The molecule has 0 bridgehead atoms. The fourth-order valence-corrected chi connectivity index (χ4v) is 3.25. The van der Waals surface area contributed by atoms with Crippen LogP contribution in [-0.4, -0.2) is 16.2 Å². The van der Waals surface area contributed by atoms with E-state index in [2.05, 4.69) is 49.5 Å². The van der Waals surface area contributed by atoms with Gasteiger partial charge in [0.2, 0.25) is 0 Å². The molecule has 0 unspecified atom stereocenters. The molecule has 21 heavy (non-hydrogen) atoms. The third kappa shape index (κ3) is 4.80. The molecule has 0 spiro atoms. The Morgan fingerprint density at radius 3 is 2.43 bits per heavy atom. The van der Waals surface area contributed by atoms with Crippen molar-refractivity contribution >= 4 is 10.8 Å². The maximum atomic E-state index is 11.6. The van der Waals surface area contributed by atoms with E-state index in [1.54, 1.807) is 6.26 Å². The lowest BCUT2D eigenvalue weighted by Crippen LogP contribution is -2.26. The van der Waals surface area contributed by atoms with Gasteiger partial charge in [0, 0.05) is 35.4 Å². The molecule has 0 saturated heterocycles. The summed E-state index contributed by atoms with van der Waals surface area (Å²) in [5.74, 6) is 0.634. The predicted octanol–water partition coefficient (Wildman–Crippen LogP) is 3.51. The molecule has 0 aromatic heterocycles. The summed E-state index contributed by atoms with van der Waals surface area (Å²) < 4.78 is 11.6. The summed E-state index contributed by atoms with van der Waals surface area (Å²) in [7, 11) is -0.826. The van der Waals surface area contributed by atoms with E-state index in [1.165, 1.54) is 22.3 Å². The summed E-state index contributed by atoms with van der Waals surface area (Å²) in [6, 6.07) is 16.9. The molecule has 112 valence electrons. The molecule has 0 aliphatic rings. The average Bonchev–Trinajstić information content (AvgIpc) is 2.45. The Morgan fingerprint density at radius 2 is 1.81 bits per heavy atom. The molecule has 1 N–H and O–H groups in total. The third-order valence-corrected chi connectivity index (χ3v) is 4.44. The van der Waals surface area contributed by atoms with Gasteiger partial charge in [-0.15, -0.1) is 0 Å².